The first-order valence-electron chi connectivity index (χ1n) is 11.7. The molecule has 4 rings (SSSR count). The molecular formula is C28H27N5O2S. The topological polar surface area (TPSA) is 92.8 Å². The molecule has 7 nitrogen and oxygen atoms in total. The van der Waals surface area contributed by atoms with E-state index in [0.717, 1.165) is 39.2 Å². The first-order chi connectivity index (χ1) is 17.5. The molecule has 2 aromatic carbocycles. The van der Waals surface area contributed by atoms with Gasteiger partial charge in [0.2, 0.25) is 5.13 Å². The van der Waals surface area contributed by atoms with E-state index in [1.165, 1.54) is 11.3 Å². The minimum atomic E-state index is -0.511. The van der Waals surface area contributed by atoms with Gasteiger partial charge in [0.25, 0.3) is 5.91 Å². The Morgan fingerprint density at radius 2 is 2.00 bits per heavy atom. The monoisotopic (exact) mass is 497 g/mol. The Labute approximate surface area is 214 Å². The zero-order chi connectivity index (χ0) is 25.5. The highest BCUT2D eigenvalue weighted by atomic mass is 32.1. The molecule has 0 spiro atoms. The van der Waals surface area contributed by atoms with Crippen molar-refractivity contribution < 1.29 is 9.53 Å². The third-order valence-electron chi connectivity index (χ3n) is 5.57. The van der Waals surface area contributed by atoms with Gasteiger partial charge >= 0.3 is 0 Å². The van der Waals surface area contributed by atoms with Crippen LogP contribution in [0.3, 0.4) is 0 Å². The van der Waals surface area contributed by atoms with E-state index in [1.807, 2.05) is 80.7 Å². The van der Waals surface area contributed by atoms with E-state index in [1.54, 1.807) is 6.08 Å². The summed E-state index contributed by atoms with van der Waals surface area (Å²) >= 11 is 1.31. The molecule has 0 saturated carbocycles. The third-order valence-corrected chi connectivity index (χ3v) is 6.71. The van der Waals surface area contributed by atoms with Gasteiger partial charge in [0.1, 0.15) is 29.0 Å². The average Bonchev–Trinajstić information content (AvgIpc) is 3.49. The molecule has 0 aliphatic carbocycles. The summed E-state index contributed by atoms with van der Waals surface area (Å²) in [6.45, 7) is 8.90. The Kier molecular flexibility index (Phi) is 7.93. The van der Waals surface area contributed by atoms with Crippen molar-refractivity contribution in [2.75, 3.05) is 11.9 Å². The van der Waals surface area contributed by atoms with Gasteiger partial charge in [0.15, 0.2) is 0 Å². The molecule has 36 heavy (non-hydrogen) atoms. The van der Waals surface area contributed by atoms with E-state index < -0.39 is 5.91 Å². The normalized spacial score (nSPS) is 11.4. The van der Waals surface area contributed by atoms with Crippen LogP contribution in [0.1, 0.15) is 35.9 Å². The summed E-state index contributed by atoms with van der Waals surface area (Å²) in [5.41, 5.74) is 2.86. The van der Waals surface area contributed by atoms with Gasteiger partial charge in [-0.2, -0.15) is 5.26 Å². The second kappa shape index (κ2) is 11.5. The Balaban J connectivity index is 1.53. The second-order valence-electron chi connectivity index (χ2n) is 8.47. The van der Waals surface area contributed by atoms with Gasteiger partial charge in [0.05, 0.1) is 6.54 Å². The van der Waals surface area contributed by atoms with Gasteiger partial charge in [0, 0.05) is 28.6 Å². The molecule has 0 aliphatic rings. The quantitative estimate of drug-likeness (QED) is 0.166. The maximum Gasteiger partial charge on any atom is 0.268 e. The average molecular weight is 498 g/mol. The molecule has 0 radical (unpaired) electrons. The van der Waals surface area contributed by atoms with Gasteiger partial charge in [-0.1, -0.05) is 67.7 Å². The van der Waals surface area contributed by atoms with Crippen molar-refractivity contribution in [1.82, 2.24) is 14.8 Å². The summed E-state index contributed by atoms with van der Waals surface area (Å²) in [6, 6.07) is 17.8. The standard InChI is InChI=1S/C28H27N5O2S/c1-4-9-20-10-5-8-13-25(20)35-15-14-33-18-22(23-11-6-7-12-24(23)33)16-21(17-29)26(34)30-28-32-31-27(36-28)19(2)3/h4-8,10-13,16,18-19H,1,9,14-15H2,2-3H3,(H,30,32,34)/b21-16-. The maximum absolute atomic E-state index is 12.8. The molecule has 2 heterocycles. The number of nitriles is 1. The lowest BCUT2D eigenvalue weighted by Gasteiger charge is -2.11. The number of ether oxygens (including phenoxy) is 1. The van der Waals surface area contributed by atoms with Crippen molar-refractivity contribution in [2.45, 2.75) is 32.7 Å². The van der Waals surface area contributed by atoms with Crippen LogP contribution >= 0.6 is 11.3 Å². The SMILES string of the molecule is C=CCc1ccccc1OCCn1cc(/C=C(/C#N)C(=O)Nc2nnc(C(C)C)s2)c2ccccc21. The Morgan fingerprint density at radius 3 is 2.75 bits per heavy atom. The molecule has 1 amide bonds. The number of amides is 1. The Bertz CT molecular complexity index is 1460. The number of allylic oxidation sites excluding steroid dienone is 1. The van der Waals surface area contributed by atoms with Gasteiger partial charge in [-0.05, 0) is 30.2 Å². The van der Waals surface area contributed by atoms with Crippen LogP contribution in [0.4, 0.5) is 5.13 Å². The minimum absolute atomic E-state index is 0.00574. The predicted molar refractivity (Wildman–Crippen MR) is 144 cm³/mol. The molecule has 8 heteroatoms. The smallest absolute Gasteiger partial charge is 0.268 e. The summed E-state index contributed by atoms with van der Waals surface area (Å²) in [7, 11) is 0. The molecule has 0 unspecified atom stereocenters. The lowest BCUT2D eigenvalue weighted by molar-refractivity contribution is -0.112. The lowest BCUT2D eigenvalue weighted by atomic mass is 10.1. The van der Waals surface area contributed by atoms with Crippen molar-refractivity contribution >= 4 is 39.4 Å². The summed E-state index contributed by atoms with van der Waals surface area (Å²) in [4.78, 5) is 12.8. The summed E-state index contributed by atoms with van der Waals surface area (Å²) in [5.74, 6) is 0.544. The zero-order valence-corrected chi connectivity index (χ0v) is 21.1. The molecule has 0 fully saturated rings. The number of hydrogen-bond acceptors (Lipinski definition) is 6. The Morgan fingerprint density at radius 1 is 1.22 bits per heavy atom. The number of rotatable bonds is 10. The van der Waals surface area contributed by atoms with Crippen LogP contribution < -0.4 is 10.1 Å². The largest absolute Gasteiger partial charge is 0.491 e. The van der Waals surface area contributed by atoms with E-state index in [4.69, 9.17) is 4.74 Å². The van der Waals surface area contributed by atoms with Crippen LogP contribution in [0.5, 0.6) is 5.75 Å². The van der Waals surface area contributed by atoms with Crippen LogP contribution in [0.2, 0.25) is 0 Å². The summed E-state index contributed by atoms with van der Waals surface area (Å²) in [5, 5.41) is 22.6. The molecular weight excluding hydrogens is 470 g/mol. The van der Waals surface area contributed by atoms with Gasteiger partial charge in [-0.25, -0.2) is 0 Å². The number of para-hydroxylation sites is 2. The Hall–Kier alpha value is -4.22. The van der Waals surface area contributed by atoms with Gasteiger partial charge < -0.3 is 9.30 Å². The highest BCUT2D eigenvalue weighted by Crippen LogP contribution is 2.26. The van der Waals surface area contributed by atoms with Crippen LogP contribution in [-0.4, -0.2) is 27.3 Å². The fourth-order valence-corrected chi connectivity index (χ4v) is 4.53. The van der Waals surface area contributed by atoms with E-state index >= 15 is 0 Å². The van der Waals surface area contributed by atoms with E-state index in [-0.39, 0.29) is 11.5 Å². The van der Waals surface area contributed by atoms with E-state index in [0.29, 0.717) is 18.3 Å². The first kappa shape index (κ1) is 24.9. The van der Waals surface area contributed by atoms with Crippen LogP contribution in [0, 0.1) is 11.3 Å². The maximum atomic E-state index is 12.8. The number of benzene rings is 2. The number of carbonyl (C=O) groups is 1. The number of carbonyl (C=O) groups excluding carboxylic acids is 1. The van der Waals surface area contributed by atoms with Crippen molar-refractivity contribution in [3.63, 3.8) is 0 Å². The molecule has 182 valence electrons. The highest BCUT2D eigenvalue weighted by Gasteiger charge is 2.16. The van der Waals surface area contributed by atoms with E-state index in [2.05, 4.69) is 26.7 Å². The van der Waals surface area contributed by atoms with Crippen LogP contribution in [-0.2, 0) is 17.8 Å². The fourth-order valence-electron chi connectivity index (χ4n) is 3.78. The number of nitrogens with one attached hydrogen (secondary N) is 1. The summed E-state index contributed by atoms with van der Waals surface area (Å²) < 4.78 is 8.14. The number of aromatic nitrogens is 3. The molecule has 1 N–H and O–H groups in total. The molecule has 0 atom stereocenters. The van der Waals surface area contributed by atoms with Gasteiger partial charge in [-0.15, -0.1) is 16.8 Å². The minimum Gasteiger partial charge on any atom is -0.491 e. The number of nitrogens with zero attached hydrogens (tertiary/aromatic N) is 4. The predicted octanol–water partition coefficient (Wildman–Crippen LogP) is 5.97. The van der Waals surface area contributed by atoms with Crippen LogP contribution in [0.15, 0.2) is 73.0 Å². The molecule has 0 saturated heterocycles. The van der Waals surface area contributed by atoms with Crippen molar-refractivity contribution in [3.8, 4) is 11.8 Å². The fraction of sp³-hybridized carbons (Fsp3) is 0.214. The molecule has 2 aromatic heterocycles. The van der Waals surface area contributed by atoms with Crippen LogP contribution in [0.25, 0.3) is 17.0 Å². The van der Waals surface area contributed by atoms with Crippen molar-refractivity contribution in [1.29, 1.82) is 5.26 Å². The number of fused-ring (bicyclic) bond motifs is 1. The lowest BCUT2D eigenvalue weighted by Crippen LogP contribution is -2.13. The third kappa shape index (κ3) is 5.70. The molecule has 0 aliphatic heterocycles. The number of anilines is 1. The first-order valence-corrected chi connectivity index (χ1v) is 12.5. The zero-order valence-electron chi connectivity index (χ0n) is 20.3. The molecule has 4 aromatic rings. The van der Waals surface area contributed by atoms with E-state index in [9.17, 15) is 10.1 Å². The number of hydrogen-bond donors (Lipinski definition) is 1. The van der Waals surface area contributed by atoms with Crippen molar-refractivity contribution in [3.05, 3.63) is 89.1 Å². The summed E-state index contributed by atoms with van der Waals surface area (Å²) in [6.07, 6.45) is 6.15. The highest BCUT2D eigenvalue weighted by molar-refractivity contribution is 7.15. The van der Waals surface area contributed by atoms with Crippen molar-refractivity contribution in [2.24, 2.45) is 0 Å². The molecule has 0 bridgehead atoms. The second-order valence-corrected chi connectivity index (χ2v) is 9.48. The van der Waals surface area contributed by atoms with Gasteiger partial charge in [-0.3, -0.25) is 10.1 Å².